The molecular weight excluding hydrogens is 353 g/mol. The number of alkyl halides is 3. The molecule has 2 rings (SSSR count). The van der Waals surface area contributed by atoms with Gasteiger partial charge in [-0.05, 0) is 30.7 Å². The van der Waals surface area contributed by atoms with Gasteiger partial charge in [0.2, 0.25) is 0 Å². The van der Waals surface area contributed by atoms with Crippen molar-refractivity contribution in [2.75, 3.05) is 13.7 Å². The Balaban J connectivity index is 2.42. The molecule has 1 aromatic carbocycles. The van der Waals surface area contributed by atoms with Crippen LogP contribution in [-0.2, 0) is 28.7 Å². The minimum atomic E-state index is -4.86. The van der Waals surface area contributed by atoms with Gasteiger partial charge < -0.3 is 9.47 Å². The maximum atomic E-state index is 13.2. The molecule has 26 heavy (non-hydrogen) atoms. The molecule has 0 fully saturated rings. The van der Waals surface area contributed by atoms with E-state index in [-0.39, 0.29) is 18.8 Å². The van der Waals surface area contributed by atoms with E-state index in [9.17, 15) is 22.8 Å². The second-order valence-electron chi connectivity index (χ2n) is 5.34. The number of halogens is 3. The number of carbonyl (C=O) groups is 1. The first kappa shape index (κ1) is 19.5. The van der Waals surface area contributed by atoms with Crippen molar-refractivity contribution in [1.82, 2.24) is 9.78 Å². The van der Waals surface area contributed by atoms with E-state index in [1.165, 1.54) is 7.11 Å². The van der Waals surface area contributed by atoms with E-state index in [4.69, 9.17) is 9.47 Å². The minimum Gasteiger partial charge on any atom is -0.497 e. The molecular formula is C17H17F3N2O4. The molecule has 2 aromatic rings. The van der Waals surface area contributed by atoms with Gasteiger partial charge in [0.15, 0.2) is 0 Å². The van der Waals surface area contributed by atoms with Crippen LogP contribution in [0.15, 0.2) is 35.1 Å². The van der Waals surface area contributed by atoms with Crippen LogP contribution in [0.2, 0.25) is 0 Å². The number of esters is 1. The summed E-state index contributed by atoms with van der Waals surface area (Å²) in [5.41, 5.74) is -2.29. The number of rotatable bonds is 6. The molecule has 0 N–H and O–H groups in total. The fourth-order valence-corrected chi connectivity index (χ4v) is 2.26. The zero-order valence-electron chi connectivity index (χ0n) is 14.2. The molecule has 1 heterocycles. The zero-order chi connectivity index (χ0) is 19.3. The molecule has 9 heteroatoms. The Morgan fingerprint density at radius 1 is 1.23 bits per heavy atom. The predicted molar refractivity (Wildman–Crippen MR) is 85.9 cm³/mol. The molecule has 0 unspecified atom stereocenters. The van der Waals surface area contributed by atoms with E-state index in [1.54, 1.807) is 31.2 Å². The van der Waals surface area contributed by atoms with Gasteiger partial charge >= 0.3 is 12.1 Å². The molecule has 0 saturated carbocycles. The Morgan fingerprint density at radius 2 is 1.88 bits per heavy atom. The summed E-state index contributed by atoms with van der Waals surface area (Å²) in [6.45, 7) is 1.50. The minimum absolute atomic E-state index is 0.0937. The number of methoxy groups -OCH3 is 1. The van der Waals surface area contributed by atoms with E-state index in [0.29, 0.717) is 22.1 Å². The molecule has 0 atom stereocenters. The van der Waals surface area contributed by atoms with Gasteiger partial charge in [0.05, 0.1) is 32.4 Å². The van der Waals surface area contributed by atoms with Crippen molar-refractivity contribution in [1.29, 1.82) is 0 Å². The maximum absolute atomic E-state index is 13.2. The fraction of sp³-hybridized carbons (Fsp3) is 0.353. The third kappa shape index (κ3) is 4.84. The molecule has 0 aliphatic rings. The monoisotopic (exact) mass is 370 g/mol. The van der Waals surface area contributed by atoms with Crippen molar-refractivity contribution in [2.24, 2.45) is 0 Å². The summed E-state index contributed by atoms with van der Waals surface area (Å²) in [5, 5.41) is 3.88. The number of hydrogen-bond acceptors (Lipinski definition) is 5. The van der Waals surface area contributed by atoms with E-state index in [0.717, 1.165) is 0 Å². The van der Waals surface area contributed by atoms with Gasteiger partial charge in [0, 0.05) is 0 Å². The van der Waals surface area contributed by atoms with Crippen LogP contribution in [0.5, 0.6) is 5.75 Å². The van der Waals surface area contributed by atoms with Crippen LogP contribution in [0.4, 0.5) is 13.2 Å². The first-order valence-electron chi connectivity index (χ1n) is 7.71. The smallest absolute Gasteiger partial charge is 0.421 e. The maximum Gasteiger partial charge on any atom is 0.421 e. The van der Waals surface area contributed by atoms with Gasteiger partial charge in [0.25, 0.3) is 5.56 Å². The second kappa shape index (κ2) is 8.03. The predicted octanol–water partition coefficient (Wildman–Crippen LogP) is 2.42. The Kier molecular flexibility index (Phi) is 6.01. The highest BCUT2D eigenvalue weighted by Crippen LogP contribution is 2.27. The Labute approximate surface area is 147 Å². The van der Waals surface area contributed by atoms with Gasteiger partial charge in [-0.15, -0.1) is 0 Å². The van der Waals surface area contributed by atoms with E-state index in [2.05, 4.69) is 5.10 Å². The van der Waals surface area contributed by atoms with Crippen LogP contribution in [0, 0.1) is 0 Å². The van der Waals surface area contributed by atoms with Crippen molar-refractivity contribution in [3.05, 3.63) is 57.5 Å². The largest absolute Gasteiger partial charge is 0.497 e. The molecule has 0 aliphatic heterocycles. The summed E-state index contributed by atoms with van der Waals surface area (Å²) in [4.78, 5) is 23.7. The van der Waals surface area contributed by atoms with Crippen LogP contribution in [-0.4, -0.2) is 29.5 Å². The molecule has 0 amide bonds. The molecule has 6 nitrogen and oxygen atoms in total. The van der Waals surface area contributed by atoms with Crippen molar-refractivity contribution in [3.8, 4) is 5.75 Å². The van der Waals surface area contributed by atoms with Crippen LogP contribution >= 0.6 is 0 Å². The highest BCUT2D eigenvalue weighted by Gasteiger charge is 2.35. The van der Waals surface area contributed by atoms with E-state index in [1.807, 2.05) is 0 Å². The Morgan fingerprint density at radius 3 is 2.42 bits per heavy atom. The van der Waals surface area contributed by atoms with Crippen molar-refractivity contribution in [3.63, 3.8) is 0 Å². The lowest BCUT2D eigenvalue weighted by Crippen LogP contribution is -2.32. The lowest BCUT2D eigenvalue weighted by molar-refractivity contribution is -0.143. The molecule has 0 bridgehead atoms. The molecule has 1 aromatic heterocycles. The van der Waals surface area contributed by atoms with Gasteiger partial charge in [-0.2, -0.15) is 18.3 Å². The molecule has 0 radical (unpaired) electrons. The summed E-state index contributed by atoms with van der Waals surface area (Å²) in [5.74, 6) is -0.149. The number of carbonyl (C=O) groups excluding carboxylic acids is 1. The van der Waals surface area contributed by atoms with Gasteiger partial charge in [0.1, 0.15) is 11.3 Å². The fourth-order valence-electron chi connectivity index (χ4n) is 2.26. The van der Waals surface area contributed by atoms with E-state index >= 15 is 0 Å². The summed E-state index contributed by atoms with van der Waals surface area (Å²) in [6.07, 6.45) is -5.31. The summed E-state index contributed by atoms with van der Waals surface area (Å²) >= 11 is 0. The third-order valence-corrected chi connectivity index (χ3v) is 3.45. The van der Waals surface area contributed by atoms with Gasteiger partial charge in [-0.25, -0.2) is 4.68 Å². The van der Waals surface area contributed by atoms with Crippen LogP contribution in [0.25, 0.3) is 0 Å². The average molecular weight is 370 g/mol. The highest BCUT2D eigenvalue weighted by molar-refractivity contribution is 5.71. The number of aromatic nitrogens is 2. The quantitative estimate of drug-likeness (QED) is 0.731. The highest BCUT2D eigenvalue weighted by atomic mass is 19.4. The first-order valence-corrected chi connectivity index (χ1v) is 7.71. The Bertz CT molecular complexity index is 829. The normalized spacial score (nSPS) is 11.3. The standard InChI is InChI=1S/C17H17F3N2O4/c1-3-26-15(23)9-12-8-14(17(18,19)20)16(24)22(21-12)10-11-4-6-13(25-2)7-5-11/h4-8H,3,9-10H2,1-2H3. The summed E-state index contributed by atoms with van der Waals surface area (Å²) in [6, 6.07) is 7.04. The third-order valence-electron chi connectivity index (χ3n) is 3.45. The van der Waals surface area contributed by atoms with Gasteiger partial charge in [-0.3, -0.25) is 9.59 Å². The van der Waals surface area contributed by atoms with Gasteiger partial charge in [-0.1, -0.05) is 12.1 Å². The van der Waals surface area contributed by atoms with Crippen molar-refractivity contribution >= 4 is 5.97 Å². The number of hydrogen-bond donors (Lipinski definition) is 0. The molecule has 0 aliphatic carbocycles. The average Bonchev–Trinajstić information content (AvgIpc) is 2.57. The number of benzene rings is 1. The molecule has 0 spiro atoms. The van der Waals surface area contributed by atoms with Crippen LogP contribution in [0.1, 0.15) is 23.7 Å². The second-order valence-corrected chi connectivity index (χ2v) is 5.34. The van der Waals surface area contributed by atoms with Crippen molar-refractivity contribution < 1.29 is 27.4 Å². The zero-order valence-corrected chi connectivity index (χ0v) is 14.2. The van der Waals surface area contributed by atoms with Crippen LogP contribution < -0.4 is 10.3 Å². The summed E-state index contributed by atoms with van der Waals surface area (Å²) < 4.78 is 49.9. The lowest BCUT2D eigenvalue weighted by Gasteiger charge is -2.12. The SMILES string of the molecule is CCOC(=O)Cc1cc(C(F)(F)F)c(=O)n(Cc2ccc(OC)cc2)n1. The number of nitrogens with zero attached hydrogens (tertiary/aromatic N) is 2. The lowest BCUT2D eigenvalue weighted by atomic mass is 10.2. The number of ether oxygens (including phenoxy) is 2. The van der Waals surface area contributed by atoms with Crippen LogP contribution in [0.3, 0.4) is 0 Å². The van der Waals surface area contributed by atoms with Crippen molar-refractivity contribution in [2.45, 2.75) is 26.1 Å². The first-order chi connectivity index (χ1) is 12.2. The van der Waals surface area contributed by atoms with E-state index < -0.39 is 29.7 Å². The topological polar surface area (TPSA) is 70.4 Å². The summed E-state index contributed by atoms with van der Waals surface area (Å²) in [7, 11) is 1.48. The molecule has 0 saturated heterocycles. The Hall–Kier alpha value is -2.84. The molecule has 140 valence electrons.